The molecule has 0 saturated heterocycles. The van der Waals surface area contributed by atoms with Gasteiger partial charge in [0.05, 0.1) is 0 Å². The van der Waals surface area contributed by atoms with Crippen molar-refractivity contribution in [3.8, 4) is 6.07 Å². The molecule has 1 heterocycles. The third-order valence-electron chi connectivity index (χ3n) is 3.56. The van der Waals surface area contributed by atoms with Gasteiger partial charge in [-0.15, -0.1) is 0 Å². The lowest BCUT2D eigenvalue weighted by Gasteiger charge is -2.33. The van der Waals surface area contributed by atoms with E-state index in [0.717, 1.165) is 31.4 Å². The van der Waals surface area contributed by atoms with Gasteiger partial charge in [-0.3, -0.25) is 0 Å². The Kier molecular flexibility index (Phi) is 3.78. The van der Waals surface area contributed by atoms with Crippen LogP contribution >= 0.6 is 0 Å². The Morgan fingerprint density at radius 2 is 2.00 bits per heavy atom. The summed E-state index contributed by atoms with van der Waals surface area (Å²) in [4.78, 5) is 10.8. The standard InChI is InChI=1S/C13H19N5/c1-9-7-11(8-14)17-13(16-9)18(2)12-5-3-10(15)4-6-12/h7,10,12H,3-6,15H2,1-2H3. The summed E-state index contributed by atoms with van der Waals surface area (Å²) >= 11 is 0. The number of aromatic nitrogens is 2. The smallest absolute Gasteiger partial charge is 0.226 e. The first-order valence-corrected chi connectivity index (χ1v) is 6.34. The number of hydrogen-bond acceptors (Lipinski definition) is 5. The molecule has 1 fully saturated rings. The van der Waals surface area contributed by atoms with Crippen molar-refractivity contribution >= 4 is 5.95 Å². The molecule has 0 atom stereocenters. The summed E-state index contributed by atoms with van der Waals surface area (Å²) in [6.07, 6.45) is 4.23. The normalized spacial score (nSPS) is 23.4. The van der Waals surface area contributed by atoms with Gasteiger partial charge in [0.15, 0.2) is 0 Å². The van der Waals surface area contributed by atoms with Gasteiger partial charge in [-0.05, 0) is 38.7 Å². The number of hydrogen-bond donors (Lipinski definition) is 1. The molecule has 96 valence electrons. The largest absolute Gasteiger partial charge is 0.341 e. The van der Waals surface area contributed by atoms with Gasteiger partial charge in [0.25, 0.3) is 0 Å². The van der Waals surface area contributed by atoms with E-state index in [2.05, 4.69) is 20.9 Å². The van der Waals surface area contributed by atoms with Crippen LogP contribution in [0.3, 0.4) is 0 Å². The van der Waals surface area contributed by atoms with Gasteiger partial charge in [-0.1, -0.05) is 0 Å². The van der Waals surface area contributed by atoms with Gasteiger partial charge in [0.2, 0.25) is 5.95 Å². The molecule has 0 aliphatic heterocycles. The van der Waals surface area contributed by atoms with Gasteiger partial charge in [-0.25, -0.2) is 9.97 Å². The van der Waals surface area contributed by atoms with Crippen molar-refractivity contribution in [3.63, 3.8) is 0 Å². The van der Waals surface area contributed by atoms with Gasteiger partial charge < -0.3 is 10.6 Å². The average Bonchev–Trinajstić information content (AvgIpc) is 2.38. The quantitative estimate of drug-likeness (QED) is 0.851. The van der Waals surface area contributed by atoms with Crippen molar-refractivity contribution in [2.24, 2.45) is 5.73 Å². The predicted molar refractivity (Wildman–Crippen MR) is 70.1 cm³/mol. The highest BCUT2D eigenvalue weighted by atomic mass is 15.3. The summed E-state index contributed by atoms with van der Waals surface area (Å²) in [5.74, 6) is 0.645. The third kappa shape index (κ3) is 2.77. The SMILES string of the molecule is Cc1cc(C#N)nc(N(C)C2CCC(N)CC2)n1. The van der Waals surface area contributed by atoms with Crippen LogP contribution < -0.4 is 10.6 Å². The van der Waals surface area contributed by atoms with E-state index in [9.17, 15) is 0 Å². The van der Waals surface area contributed by atoms with Crippen molar-refractivity contribution in [2.45, 2.75) is 44.7 Å². The minimum absolute atomic E-state index is 0.336. The van der Waals surface area contributed by atoms with Crippen LogP contribution in [-0.2, 0) is 0 Å². The molecule has 1 aliphatic rings. The minimum Gasteiger partial charge on any atom is -0.341 e. The lowest BCUT2D eigenvalue weighted by molar-refractivity contribution is 0.382. The lowest BCUT2D eigenvalue weighted by atomic mass is 9.91. The van der Waals surface area contributed by atoms with Crippen LogP contribution in [0, 0.1) is 18.3 Å². The second-order valence-corrected chi connectivity index (χ2v) is 4.99. The molecule has 2 N–H and O–H groups in total. The molecule has 0 amide bonds. The zero-order valence-electron chi connectivity index (χ0n) is 10.9. The molecule has 5 nitrogen and oxygen atoms in total. The molecule has 0 spiro atoms. The fraction of sp³-hybridized carbons (Fsp3) is 0.615. The maximum atomic E-state index is 8.94. The van der Waals surface area contributed by atoms with Crippen molar-refractivity contribution in [3.05, 3.63) is 17.5 Å². The Balaban J connectivity index is 2.16. The van der Waals surface area contributed by atoms with Crippen LogP contribution in [-0.4, -0.2) is 29.1 Å². The van der Waals surface area contributed by atoms with E-state index in [1.54, 1.807) is 6.07 Å². The number of aryl methyl sites for hydroxylation is 1. The first kappa shape index (κ1) is 12.8. The fourth-order valence-corrected chi connectivity index (χ4v) is 2.42. The summed E-state index contributed by atoms with van der Waals surface area (Å²) in [6, 6.07) is 4.54. The summed E-state index contributed by atoms with van der Waals surface area (Å²) in [5, 5.41) is 8.94. The van der Waals surface area contributed by atoms with Gasteiger partial charge in [0.1, 0.15) is 11.8 Å². The van der Waals surface area contributed by atoms with Crippen LogP contribution in [0.15, 0.2) is 6.07 Å². The molecular weight excluding hydrogens is 226 g/mol. The summed E-state index contributed by atoms with van der Waals surface area (Å²) in [5.41, 5.74) is 7.17. The van der Waals surface area contributed by atoms with Crippen LogP contribution in [0.5, 0.6) is 0 Å². The highest BCUT2D eigenvalue weighted by Gasteiger charge is 2.23. The molecular formula is C13H19N5. The Morgan fingerprint density at radius 3 is 2.61 bits per heavy atom. The number of anilines is 1. The van der Waals surface area contributed by atoms with E-state index in [1.165, 1.54) is 0 Å². The van der Waals surface area contributed by atoms with Gasteiger partial charge >= 0.3 is 0 Å². The first-order chi connectivity index (χ1) is 8.60. The molecule has 0 bridgehead atoms. The highest BCUT2D eigenvalue weighted by molar-refractivity contribution is 5.36. The van der Waals surface area contributed by atoms with Gasteiger partial charge in [0, 0.05) is 24.8 Å². The molecule has 2 rings (SSSR count). The first-order valence-electron chi connectivity index (χ1n) is 6.34. The average molecular weight is 245 g/mol. The topological polar surface area (TPSA) is 78.8 Å². The maximum Gasteiger partial charge on any atom is 0.226 e. The molecule has 0 aromatic carbocycles. The molecule has 1 aliphatic carbocycles. The monoisotopic (exact) mass is 245 g/mol. The molecule has 1 aromatic rings. The van der Waals surface area contributed by atoms with Crippen LogP contribution in [0.2, 0.25) is 0 Å². The second-order valence-electron chi connectivity index (χ2n) is 4.99. The fourth-order valence-electron chi connectivity index (χ4n) is 2.42. The van der Waals surface area contributed by atoms with Crippen LogP contribution in [0.4, 0.5) is 5.95 Å². The number of nitriles is 1. The van der Waals surface area contributed by atoms with Gasteiger partial charge in [-0.2, -0.15) is 5.26 Å². The maximum absolute atomic E-state index is 8.94. The minimum atomic E-state index is 0.336. The van der Waals surface area contributed by atoms with Crippen molar-refractivity contribution < 1.29 is 0 Å². The highest BCUT2D eigenvalue weighted by Crippen LogP contribution is 2.23. The molecule has 18 heavy (non-hydrogen) atoms. The zero-order valence-corrected chi connectivity index (χ0v) is 10.9. The number of nitrogens with two attached hydrogens (primary N) is 1. The van der Waals surface area contributed by atoms with E-state index in [0.29, 0.717) is 23.7 Å². The van der Waals surface area contributed by atoms with Crippen molar-refractivity contribution in [1.29, 1.82) is 5.26 Å². The summed E-state index contributed by atoms with van der Waals surface area (Å²) in [7, 11) is 2.00. The van der Waals surface area contributed by atoms with E-state index >= 15 is 0 Å². The van der Waals surface area contributed by atoms with E-state index < -0.39 is 0 Å². The van der Waals surface area contributed by atoms with Crippen LogP contribution in [0.1, 0.15) is 37.1 Å². The third-order valence-corrected chi connectivity index (χ3v) is 3.56. The van der Waals surface area contributed by atoms with Crippen molar-refractivity contribution in [1.82, 2.24) is 9.97 Å². The Bertz CT molecular complexity index is 457. The van der Waals surface area contributed by atoms with Crippen LogP contribution in [0.25, 0.3) is 0 Å². The Morgan fingerprint density at radius 1 is 1.33 bits per heavy atom. The lowest BCUT2D eigenvalue weighted by Crippen LogP contribution is -2.39. The molecule has 0 unspecified atom stereocenters. The predicted octanol–water partition coefficient (Wildman–Crippen LogP) is 1.36. The molecule has 1 aromatic heterocycles. The number of rotatable bonds is 2. The Labute approximate surface area is 108 Å². The van der Waals surface area contributed by atoms with E-state index in [1.807, 2.05) is 14.0 Å². The van der Waals surface area contributed by atoms with E-state index in [-0.39, 0.29) is 0 Å². The zero-order chi connectivity index (χ0) is 13.1. The van der Waals surface area contributed by atoms with Crippen molar-refractivity contribution in [2.75, 3.05) is 11.9 Å². The number of nitrogens with zero attached hydrogens (tertiary/aromatic N) is 4. The van der Waals surface area contributed by atoms with E-state index in [4.69, 9.17) is 11.0 Å². The summed E-state index contributed by atoms with van der Waals surface area (Å²) < 4.78 is 0. The molecule has 1 saturated carbocycles. The molecule has 5 heteroatoms. The second kappa shape index (κ2) is 5.32. The molecule has 0 radical (unpaired) electrons. The Hall–Kier alpha value is -1.67. The summed E-state index contributed by atoms with van der Waals surface area (Å²) in [6.45, 7) is 1.89.